The average Bonchev–Trinajstić information content (AvgIpc) is 2.05. The van der Waals surface area contributed by atoms with Crippen LogP contribution in [0.4, 0.5) is 4.79 Å². The average molecular weight is 171 g/mol. The van der Waals surface area contributed by atoms with Crippen molar-refractivity contribution < 1.29 is 4.79 Å². The fraction of sp³-hybridized carbons (Fsp3) is 0.875. The first kappa shape index (κ1) is 9.32. The Bertz CT molecular complexity index is 160. The van der Waals surface area contributed by atoms with E-state index in [4.69, 9.17) is 5.73 Å². The van der Waals surface area contributed by atoms with E-state index >= 15 is 0 Å². The lowest BCUT2D eigenvalue weighted by molar-refractivity contribution is 0.163. The number of nitrogens with zero attached hydrogens (tertiary/aromatic N) is 1. The Morgan fingerprint density at radius 1 is 1.75 bits per heavy atom. The molecule has 1 rings (SSSR count). The van der Waals surface area contributed by atoms with Crippen molar-refractivity contribution in [2.24, 2.45) is 5.73 Å². The molecule has 1 fully saturated rings. The molecule has 0 bridgehead atoms. The van der Waals surface area contributed by atoms with Gasteiger partial charge in [0.1, 0.15) is 0 Å². The maximum absolute atomic E-state index is 11.3. The summed E-state index contributed by atoms with van der Waals surface area (Å²) in [5.74, 6) is 0. The molecule has 0 saturated carbocycles. The van der Waals surface area contributed by atoms with Gasteiger partial charge >= 0.3 is 6.03 Å². The number of nitrogens with two attached hydrogens (primary N) is 1. The second-order valence-corrected chi connectivity index (χ2v) is 3.21. The van der Waals surface area contributed by atoms with Gasteiger partial charge in [-0.15, -0.1) is 0 Å². The van der Waals surface area contributed by atoms with Gasteiger partial charge in [-0.2, -0.15) is 0 Å². The maximum atomic E-state index is 11.3. The van der Waals surface area contributed by atoms with Crippen LogP contribution in [0.15, 0.2) is 0 Å². The zero-order valence-electron chi connectivity index (χ0n) is 7.55. The number of urea groups is 1. The quantitative estimate of drug-likeness (QED) is 0.634. The Balaban J connectivity index is 2.42. The first-order valence-electron chi connectivity index (χ1n) is 4.50. The number of hydrogen-bond acceptors (Lipinski definition) is 2. The summed E-state index contributed by atoms with van der Waals surface area (Å²) < 4.78 is 0. The number of amides is 2. The minimum absolute atomic E-state index is 0.0576. The van der Waals surface area contributed by atoms with Crippen molar-refractivity contribution in [1.29, 1.82) is 0 Å². The summed E-state index contributed by atoms with van der Waals surface area (Å²) >= 11 is 0. The second kappa shape index (κ2) is 4.30. The first-order valence-corrected chi connectivity index (χ1v) is 4.50. The molecule has 1 atom stereocenters. The van der Waals surface area contributed by atoms with E-state index in [-0.39, 0.29) is 12.1 Å². The minimum atomic E-state index is 0.0576. The topological polar surface area (TPSA) is 58.4 Å². The SMILES string of the molecule is CC(CCN)N1CCCNC1=O. The van der Waals surface area contributed by atoms with Gasteiger partial charge < -0.3 is 16.0 Å². The number of hydrogen-bond donors (Lipinski definition) is 2. The molecule has 1 aliphatic rings. The summed E-state index contributed by atoms with van der Waals surface area (Å²) in [6.45, 7) is 4.36. The van der Waals surface area contributed by atoms with Gasteiger partial charge in [-0.1, -0.05) is 0 Å². The minimum Gasteiger partial charge on any atom is -0.338 e. The highest BCUT2D eigenvalue weighted by Crippen LogP contribution is 2.07. The molecule has 0 aromatic heterocycles. The molecule has 0 aromatic carbocycles. The summed E-state index contributed by atoms with van der Waals surface area (Å²) in [7, 11) is 0. The fourth-order valence-corrected chi connectivity index (χ4v) is 1.47. The standard InChI is InChI=1S/C8H17N3O/c1-7(3-4-9)11-6-2-5-10-8(11)12/h7H,2-6,9H2,1H3,(H,10,12). The molecule has 70 valence electrons. The molecule has 1 saturated heterocycles. The monoisotopic (exact) mass is 171 g/mol. The second-order valence-electron chi connectivity index (χ2n) is 3.21. The van der Waals surface area contributed by atoms with Gasteiger partial charge in [0, 0.05) is 19.1 Å². The molecule has 4 heteroatoms. The highest BCUT2D eigenvalue weighted by atomic mass is 16.2. The van der Waals surface area contributed by atoms with Gasteiger partial charge in [0.25, 0.3) is 0 Å². The van der Waals surface area contributed by atoms with Crippen molar-refractivity contribution in [3.05, 3.63) is 0 Å². The normalized spacial score (nSPS) is 20.5. The molecule has 3 N–H and O–H groups in total. The molecular weight excluding hydrogens is 154 g/mol. The van der Waals surface area contributed by atoms with Gasteiger partial charge in [-0.05, 0) is 26.3 Å². The summed E-state index contributed by atoms with van der Waals surface area (Å²) in [5.41, 5.74) is 5.42. The predicted molar refractivity (Wildman–Crippen MR) is 47.9 cm³/mol. The van der Waals surface area contributed by atoms with Crippen molar-refractivity contribution in [3.8, 4) is 0 Å². The van der Waals surface area contributed by atoms with E-state index in [1.807, 2.05) is 11.8 Å². The van der Waals surface area contributed by atoms with E-state index in [1.54, 1.807) is 0 Å². The Labute approximate surface area is 73.1 Å². The molecule has 1 aliphatic heterocycles. The summed E-state index contributed by atoms with van der Waals surface area (Å²) in [5, 5.41) is 2.82. The highest BCUT2D eigenvalue weighted by molar-refractivity contribution is 5.75. The molecule has 0 radical (unpaired) electrons. The number of carbonyl (C=O) groups is 1. The molecule has 0 aromatic rings. The van der Waals surface area contributed by atoms with Crippen LogP contribution in [0, 0.1) is 0 Å². The van der Waals surface area contributed by atoms with Crippen LogP contribution in [0.2, 0.25) is 0 Å². The van der Waals surface area contributed by atoms with Crippen LogP contribution in [-0.4, -0.2) is 36.6 Å². The van der Waals surface area contributed by atoms with Crippen molar-refractivity contribution >= 4 is 6.03 Å². The third-order valence-corrected chi connectivity index (χ3v) is 2.23. The van der Waals surface area contributed by atoms with Crippen LogP contribution in [0.3, 0.4) is 0 Å². The zero-order valence-corrected chi connectivity index (χ0v) is 7.55. The number of carbonyl (C=O) groups excluding carboxylic acids is 1. The molecule has 1 heterocycles. The van der Waals surface area contributed by atoms with Gasteiger partial charge in [-0.25, -0.2) is 4.79 Å². The number of nitrogens with one attached hydrogen (secondary N) is 1. The Hall–Kier alpha value is -0.770. The van der Waals surface area contributed by atoms with E-state index in [9.17, 15) is 4.79 Å². The van der Waals surface area contributed by atoms with Gasteiger partial charge in [0.2, 0.25) is 0 Å². The summed E-state index contributed by atoms with van der Waals surface area (Å²) in [6.07, 6.45) is 1.92. The van der Waals surface area contributed by atoms with Crippen LogP contribution in [-0.2, 0) is 0 Å². The van der Waals surface area contributed by atoms with E-state index in [2.05, 4.69) is 5.32 Å². The lowest BCUT2D eigenvalue weighted by Crippen LogP contribution is -2.50. The molecule has 12 heavy (non-hydrogen) atoms. The van der Waals surface area contributed by atoms with Gasteiger partial charge in [0.15, 0.2) is 0 Å². The van der Waals surface area contributed by atoms with Crippen molar-refractivity contribution in [2.75, 3.05) is 19.6 Å². The molecule has 2 amide bonds. The largest absolute Gasteiger partial charge is 0.338 e. The van der Waals surface area contributed by atoms with Crippen LogP contribution >= 0.6 is 0 Å². The van der Waals surface area contributed by atoms with Crippen LogP contribution in [0.5, 0.6) is 0 Å². The maximum Gasteiger partial charge on any atom is 0.317 e. The molecule has 4 nitrogen and oxygen atoms in total. The van der Waals surface area contributed by atoms with Crippen LogP contribution in [0.25, 0.3) is 0 Å². The molecular formula is C8H17N3O. The predicted octanol–water partition coefficient (Wildman–Crippen LogP) is 0.139. The first-order chi connectivity index (χ1) is 5.75. The Kier molecular flexibility index (Phi) is 3.34. The molecule has 1 unspecified atom stereocenters. The Morgan fingerprint density at radius 2 is 2.50 bits per heavy atom. The van der Waals surface area contributed by atoms with E-state index in [1.165, 1.54) is 0 Å². The van der Waals surface area contributed by atoms with Crippen LogP contribution in [0.1, 0.15) is 19.8 Å². The zero-order chi connectivity index (χ0) is 8.97. The number of rotatable bonds is 3. The Morgan fingerprint density at radius 3 is 3.08 bits per heavy atom. The van der Waals surface area contributed by atoms with E-state index in [0.29, 0.717) is 6.54 Å². The van der Waals surface area contributed by atoms with Crippen LogP contribution < -0.4 is 11.1 Å². The van der Waals surface area contributed by atoms with E-state index < -0.39 is 0 Å². The van der Waals surface area contributed by atoms with Crippen molar-refractivity contribution in [3.63, 3.8) is 0 Å². The van der Waals surface area contributed by atoms with Gasteiger partial charge in [0.05, 0.1) is 0 Å². The van der Waals surface area contributed by atoms with E-state index in [0.717, 1.165) is 25.9 Å². The lowest BCUT2D eigenvalue weighted by atomic mass is 10.2. The molecule has 0 spiro atoms. The van der Waals surface area contributed by atoms with Crippen molar-refractivity contribution in [2.45, 2.75) is 25.8 Å². The third kappa shape index (κ3) is 2.11. The van der Waals surface area contributed by atoms with Gasteiger partial charge in [-0.3, -0.25) is 0 Å². The summed E-state index contributed by atoms with van der Waals surface area (Å²) in [4.78, 5) is 13.1. The molecule has 0 aliphatic carbocycles. The lowest BCUT2D eigenvalue weighted by Gasteiger charge is -2.32. The smallest absolute Gasteiger partial charge is 0.317 e. The fourth-order valence-electron chi connectivity index (χ4n) is 1.47. The third-order valence-electron chi connectivity index (χ3n) is 2.23. The van der Waals surface area contributed by atoms with Crippen molar-refractivity contribution in [1.82, 2.24) is 10.2 Å². The highest BCUT2D eigenvalue weighted by Gasteiger charge is 2.21. The summed E-state index contributed by atoms with van der Waals surface area (Å²) in [6, 6.07) is 0.331.